The van der Waals surface area contributed by atoms with Crippen LogP contribution in [0.3, 0.4) is 0 Å². The maximum atomic E-state index is 12.1. The molecule has 2 aromatic rings. The lowest BCUT2D eigenvalue weighted by Gasteiger charge is -2.17. The lowest BCUT2D eigenvalue weighted by molar-refractivity contribution is -0.117. The van der Waals surface area contributed by atoms with Crippen LogP contribution in [0.5, 0.6) is 5.75 Å². The molecule has 0 spiro atoms. The minimum atomic E-state index is -3.81. The first-order valence-corrected chi connectivity index (χ1v) is 9.07. The Kier molecular flexibility index (Phi) is 6.13. The summed E-state index contributed by atoms with van der Waals surface area (Å²) in [4.78, 5) is 13.9. The lowest BCUT2D eigenvalue weighted by atomic mass is 10.2. The standard InChI is InChI=1S/C17H21N3O4S/c1-20(11-13-5-3-7-15(9-13)24-2)12-17(21)19-14-6-4-8-16(10-14)25(18,22)23/h3-10H,11-12H2,1-2H3,(H,19,21)(H2,18,22,23). The Morgan fingerprint density at radius 2 is 1.92 bits per heavy atom. The number of nitrogens with one attached hydrogen (secondary N) is 1. The van der Waals surface area contributed by atoms with Crippen molar-refractivity contribution in [1.82, 2.24) is 4.90 Å². The van der Waals surface area contributed by atoms with Gasteiger partial charge >= 0.3 is 0 Å². The molecule has 0 fully saturated rings. The lowest BCUT2D eigenvalue weighted by Crippen LogP contribution is -2.29. The van der Waals surface area contributed by atoms with Crippen LogP contribution >= 0.6 is 0 Å². The van der Waals surface area contributed by atoms with Crippen molar-refractivity contribution < 1.29 is 17.9 Å². The summed E-state index contributed by atoms with van der Waals surface area (Å²) < 4.78 is 27.9. The van der Waals surface area contributed by atoms with Gasteiger partial charge in [-0.2, -0.15) is 0 Å². The molecule has 7 nitrogen and oxygen atoms in total. The van der Waals surface area contributed by atoms with E-state index < -0.39 is 10.0 Å². The molecule has 0 heterocycles. The van der Waals surface area contributed by atoms with E-state index in [1.165, 1.54) is 18.2 Å². The van der Waals surface area contributed by atoms with Crippen LogP contribution in [0, 0.1) is 0 Å². The Bertz CT molecular complexity index is 852. The molecular formula is C17H21N3O4S. The highest BCUT2D eigenvalue weighted by Gasteiger charge is 2.11. The quantitative estimate of drug-likeness (QED) is 0.774. The Labute approximate surface area is 147 Å². The molecule has 3 N–H and O–H groups in total. The number of nitrogens with two attached hydrogens (primary N) is 1. The van der Waals surface area contributed by atoms with Gasteiger partial charge in [-0.1, -0.05) is 18.2 Å². The number of benzene rings is 2. The van der Waals surface area contributed by atoms with E-state index in [9.17, 15) is 13.2 Å². The second-order valence-electron chi connectivity index (χ2n) is 5.64. The summed E-state index contributed by atoms with van der Waals surface area (Å²) >= 11 is 0. The Balaban J connectivity index is 1.95. The maximum absolute atomic E-state index is 12.1. The molecular weight excluding hydrogens is 342 g/mol. The van der Waals surface area contributed by atoms with E-state index in [2.05, 4.69) is 5.32 Å². The van der Waals surface area contributed by atoms with Gasteiger partial charge in [-0.25, -0.2) is 13.6 Å². The van der Waals surface area contributed by atoms with Gasteiger partial charge in [-0.05, 0) is 42.9 Å². The molecule has 134 valence electrons. The van der Waals surface area contributed by atoms with Crippen molar-refractivity contribution in [2.75, 3.05) is 26.0 Å². The molecule has 0 unspecified atom stereocenters. The maximum Gasteiger partial charge on any atom is 0.238 e. The number of primary sulfonamides is 1. The molecule has 0 saturated heterocycles. The van der Waals surface area contributed by atoms with Crippen LogP contribution in [0.1, 0.15) is 5.56 Å². The third-order valence-corrected chi connectivity index (χ3v) is 4.36. The van der Waals surface area contributed by atoms with Gasteiger partial charge in [-0.3, -0.25) is 9.69 Å². The number of likely N-dealkylation sites (N-methyl/N-ethyl adjacent to an activating group) is 1. The summed E-state index contributed by atoms with van der Waals surface area (Å²) in [5.41, 5.74) is 1.40. The number of methoxy groups -OCH3 is 1. The van der Waals surface area contributed by atoms with Gasteiger partial charge in [0.1, 0.15) is 5.75 Å². The van der Waals surface area contributed by atoms with Crippen molar-refractivity contribution in [3.05, 3.63) is 54.1 Å². The summed E-state index contributed by atoms with van der Waals surface area (Å²) in [5, 5.41) is 7.76. The molecule has 0 aliphatic carbocycles. The van der Waals surface area contributed by atoms with Gasteiger partial charge in [0.15, 0.2) is 0 Å². The third-order valence-electron chi connectivity index (χ3n) is 3.45. The summed E-state index contributed by atoms with van der Waals surface area (Å²) in [6.45, 7) is 0.721. The number of carbonyl (C=O) groups is 1. The van der Waals surface area contributed by atoms with E-state index in [-0.39, 0.29) is 17.3 Å². The summed E-state index contributed by atoms with van der Waals surface area (Å²) in [6.07, 6.45) is 0. The van der Waals surface area contributed by atoms with Crippen molar-refractivity contribution in [2.24, 2.45) is 5.14 Å². The van der Waals surface area contributed by atoms with E-state index in [0.29, 0.717) is 12.2 Å². The number of nitrogens with zero attached hydrogens (tertiary/aromatic N) is 1. The van der Waals surface area contributed by atoms with Crippen molar-refractivity contribution in [2.45, 2.75) is 11.4 Å². The average Bonchev–Trinajstić information content (AvgIpc) is 2.54. The number of hydrogen-bond acceptors (Lipinski definition) is 5. The summed E-state index contributed by atoms with van der Waals surface area (Å²) in [5.74, 6) is 0.507. The van der Waals surface area contributed by atoms with Crippen LogP contribution in [0.15, 0.2) is 53.4 Å². The van der Waals surface area contributed by atoms with E-state index in [0.717, 1.165) is 11.3 Å². The van der Waals surface area contributed by atoms with E-state index in [1.807, 2.05) is 36.2 Å². The van der Waals surface area contributed by atoms with Crippen LogP contribution in [-0.4, -0.2) is 39.9 Å². The van der Waals surface area contributed by atoms with Crippen LogP contribution in [0.25, 0.3) is 0 Å². The van der Waals surface area contributed by atoms with Crippen LogP contribution in [0.4, 0.5) is 5.69 Å². The molecule has 0 aromatic heterocycles. The Morgan fingerprint density at radius 1 is 1.20 bits per heavy atom. The fraction of sp³-hybridized carbons (Fsp3) is 0.235. The number of sulfonamides is 1. The smallest absolute Gasteiger partial charge is 0.238 e. The van der Waals surface area contributed by atoms with Crippen molar-refractivity contribution in [3.8, 4) is 5.75 Å². The number of carbonyl (C=O) groups excluding carboxylic acids is 1. The highest BCUT2D eigenvalue weighted by atomic mass is 32.2. The molecule has 0 aliphatic heterocycles. The minimum Gasteiger partial charge on any atom is -0.497 e. The fourth-order valence-electron chi connectivity index (χ4n) is 2.33. The van der Waals surface area contributed by atoms with Crippen molar-refractivity contribution >= 4 is 21.6 Å². The largest absolute Gasteiger partial charge is 0.497 e. The van der Waals surface area contributed by atoms with Crippen molar-refractivity contribution in [3.63, 3.8) is 0 Å². The highest BCUT2D eigenvalue weighted by molar-refractivity contribution is 7.89. The molecule has 1 amide bonds. The average molecular weight is 363 g/mol. The number of hydrogen-bond donors (Lipinski definition) is 2. The first-order chi connectivity index (χ1) is 11.8. The molecule has 25 heavy (non-hydrogen) atoms. The second kappa shape index (κ2) is 8.11. The van der Waals surface area contributed by atoms with Gasteiger partial charge < -0.3 is 10.1 Å². The Hall–Kier alpha value is -2.42. The monoisotopic (exact) mass is 363 g/mol. The topological polar surface area (TPSA) is 102 Å². The predicted molar refractivity (Wildman–Crippen MR) is 95.8 cm³/mol. The SMILES string of the molecule is COc1cccc(CN(C)CC(=O)Nc2cccc(S(N)(=O)=O)c2)c1. The van der Waals surface area contributed by atoms with Crippen molar-refractivity contribution in [1.29, 1.82) is 0 Å². The summed E-state index contributed by atoms with van der Waals surface area (Å²) in [6, 6.07) is 13.4. The van der Waals surface area contributed by atoms with Crippen LogP contribution in [-0.2, 0) is 21.4 Å². The molecule has 8 heteroatoms. The van der Waals surface area contributed by atoms with Gasteiger partial charge in [0.2, 0.25) is 15.9 Å². The Morgan fingerprint density at radius 3 is 2.60 bits per heavy atom. The zero-order valence-electron chi connectivity index (χ0n) is 14.1. The zero-order valence-corrected chi connectivity index (χ0v) is 14.9. The van der Waals surface area contributed by atoms with E-state index in [1.54, 1.807) is 13.2 Å². The third kappa shape index (κ3) is 5.86. The first-order valence-electron chi connectivity index (χ1n) is 7.52. The second-order valence-corrected chi connectivity index (χ2v) is 7.21. The molecule has 0 atom stereocenters. The van der Waals surface area contributed by atoms with Crippen LogP contribution in [0.2, 0.25) is 0 Å². The molecule has 0 saturated carbocycles. The van der Waals surface area contributed by atoms with Gasteiger partial charge in [-0.15, -0.1) is 0 Å². The zero-order chi connectivity index (χ0) is 18.4. The normalized spacial score (nSPS) is 11.4. The molecule has 0 bridgehead atoms. The van der Waals surface area contributed by atoms with Gasteiger partial charge in [0, 0.05) is 12.2 Å². The minimum absolute atomic E-state index is 0.0463. The number of anilines is 1. The molecule has 0 radical (unpaired) electrons. The fourth-order valence-corrected chi connectivity index (χ4v) is 2.89. The number of rotatable bonds is 7. The van der Waals surface area contributed by atoms with Gasteiger partial charge in [0.25, 0.3) is 0 Å². The predicted octanol–water partition coefficient (Wildman–Crippen LogP) is 1.41. The highest BCUT2D eigenvalue weighted by Crippen LogP contribution is 2.15. The molecule has 2 rings (SSSR count). The van der Waals surface area contributed by atoms with Crippen LogP contribution < -0.4 is 15.2 Å². The first kappa shape index (κ1) is 18.9. The van der Waals surface area contributed by atoms with Gasteiger partial charge in [0.05, 0.1) is 18.6 Å². The summed E-state index contributed by atoms with van der Waals surface area (Å²) in [7, 11) is -0.383. The van der Waals surface area contributed by atoms with E-state index >= 15 is 0 Å². The number of ether oxygens (including phenoxy) is 1. The molecule has 0 aliphatic rings. The number of amides is 1. The van der Waals surface area contributed by atoms with E-state index in [4.69, 9.17) is 9.88 Å². The molecule has 2 aromatic carbocycles.